The molecular formula is C18H24N2O4S. The summed E-state index contributed by atoms with van der Waals surface area (Å²) in [4.78, 5) is 31.6. The molecule has 0 aliphatic heterocycles. The predicted molar refractivity (Wildman–Crippen MR) is 97.2 cm³/mol. The summed E-state index contributed by atoms with van der Waals surface area (Å²) in [6.07, 6.45) is 4.46. The van der Waals surface area contributed by atoms with Gasteiger partial charge in [0.25, 0.3) is 5.56 Å². The Kier molecular flexibility index (Phi) is 5.54. The van der Waals surface area contributed by atoms with Gasteiger partial charge in [-0.3, -0.25) is 9.36 Å². The molecular weight excluding hydrogens is 340 g/mol. The van der Waals surface area contributed by atoms with E-state index in [1.165, 1.54) is 15.8 Å². The molecule has 2 heterocycles. The van der Waals surface area contributed by atoms with Crippen LogP contribution in [0.2, 0.25) is 0 Å². The van der Waals surface area contributed by atoms with E-state index >= 15 is 0 Å². The molecule has 3 rings (SSSR count). The summed E-state index contributed by atoms with van der Waals surface area (Å²) in [5.41, 5.74) is 0.980. The van der Waals surface area contributed by atoms with Crippen molar-refractivity contribution in [3.63, 3.8) is 0 Å². The van der Waals surface area contributed by atoms with Gasteiger partial charge in [0.15, 0.2) is 0 Å². The molecule has 6 nitrogen and oxygen atoms in total. The second-order valence-electron chi connectivity index (χ2n) is 6.53. The van der Waals surface area contributed by atoms with Gasteiger partial charge in [0, 0.05) is 11.5 Å². The summed E-state index contributed by atoms with van der Waals surface area (Å²) < 4.78 is 11.7. The Morgan fingerprint density at radius 2 is 2.28 bits per heavy atom. The fourth-order valence-electron chi connectivity index (χ4n) is 3.20. The van der Waals surface area contributed by atoms with Crippen molar-refractivity contribution >= 4 is 27.5 Å². The zero-order valence-electron chi connectivity index (χ0n) is 14.9. The molecule has 1 aliphatic carbocycles. The minimum Gasteiger partial charge on any atom is -0.462 e. The van der Waals surface area contributed by atoms with Crippen molar-refractivity contribution in [1.82, 2.24) is 9.55 Å². The SMILES string of the molecule is CCOCCOC(=O)[C@@H](C)n1cnc2sc3c(c2c1=O)CC[C@H](C)C3. The van der Waals surface area contributed by atoms with Crippen molar-refractivity contribution in [2.75, 3.05) is 19.8 Å². The molecule has 7 heteroatoms. The molecule has 0 unspecified atom stereocenters. The quantitative estimate of drug-likeness (QED) is 0.582. The van der Waals surface area contributed by atoms with Gasteiger partial charge < -0.3 is 9.47 Å². The van der Waals surface area contributed by atoms with E-state index in [1.54, 1.807) is 18.3 Å². The Hall–Kier alpha value is -1.73. The van der Waals surface area contributed by atoms with Gasteiger partial charge in [0.1, 0.15) is 17.5 Å². The Labute approximate surface area is 150 Å². The topological polar surface area (TPSA) is 70.4 Å². The highest BCUT2D eigenvalue weighted by atomic mass is 32.1. The number of aryl methyl sites for hydroxylation is 1. The molecule has 2 aromatic rings. The summed E-state index contributed by atoms with van der Waals surface area (Å²) in [5, 5.41) is 0.684. The summed E-state index contributed by atoms with van der Waals surface area (Å²) in [6.45, 7) is 6.91. The van der Waals surface area contributed by atoms with E-state index in [2.05, 4.69) is 11.9 Å². The van der Waals surface area contributed by atoms with Gasteiger partial charge in [-0.2, -0.15) is 0 Å². The molecule has 0 fully saturated rings. The molecule has 2 atom stereocenters. The number of carbonyl (C=O) groups is 1. The van der Waals surface area contributed by atoms with Crippen LogP contribution in [0.5, 0.6) is 0 Å². The Bertz CT molecular complexity index is 826. The molecule has 25 heavy (non-hydrogen) atoms. The first-order valence-corrected chi connectivity index (χ1v) is 9.60. The Morgan fingerprint density at radius 3 is 3.04 bits per heavy atom. The molecule has 0 N–H and O–H groups in total. The summed E-state index contributed by atoms with van der Waals surface area (Å²) >= 11 is 1.61. The maximum absolute atomic E-state index is 13.0. The van der Waals surface area contributed by atoms with Gasteiger partial charge in [-0.05, 0) is 44.6 Å². The van der Waals surface area contributed by atoms with Crippen LogP contribution in [0.3, 0.4) is 0 Å². The summed E-state index contributed by atoms with van der Waals surface area (Å²) in [5.74, 6) is 0.197. The molecule has 0 spiro atoms. The Morgan fingerprint density at radius 1 is 1.48 bits per heavy atom. The molecule has 2 aromatic heterocycles. The average molecular weight is 364 g/mol. The van der Waals surface area contributed by atoms with Crippen molar-refractivity contribution in [2.24, 2.45) is 5.92 Å². The number of hydrogen-bond donors (Lipinski definition) is 0. The second kappa shape index (κ2) is 7.66. The van der Waals surface area contributed by atoms with E-state index in [4.69, 9.17) is 9.47 Å². The fraction of sp³-hybridized carbons (Fsp3) is 0.611. The number of hydrogen-bond acceptors (Lipinski definition) is 6. The molecule has 0 bridgehead atoms. The van der Waals surface area contributed by atoms with Gasteiger partial charge in [-0.25, -0.2) is 9.78 Å². The third-order valence-electron chi connectivity index (χ3n) is 4.68. The van der Waals surface area contributed by atoms with Crippen LogP contribution < -0.4 is 5.56 Å². The number of nitrogens with zero attached hydrogens (tertiary/aromatic N) is 2. The van der Waals surface area contributed by atoms with E-state index < -0.39 is 12.0 Å². The molecule has 0 radical (unpaired) electrons. The monoisotopic (exact) mass is 364 g/mol. The number of fused-ring (bicyclic) bond motifs is 3. The van der Waals surface area contributed by atoms with Crippen LogP contribution in [-0.2, 0) is 27.1 Å². The highest BCUT2D eigenvalue weighted by Crippen LogP contribution is 2.35. The predicted octanol–water partition coefficient (Wildman–Crippen LogP) is 2.72. The van der Waals surface area contributed by atoms with Crippen molar-refractivity contribution in [2.45, 2.75) is 46.1 Å². The fourth-order valence-corrected chi connectivity index (χ4v) is 4.54. The lowest BCUT2D eigenvalue weighted by atomic mass is 9.89. The lowest BCUT2D eigenvalue weighted by Crippen LogP contribution is -2.30. The molecule has 0 saturated heterocycles. The zero-order valence-corrected chi connectivity index (χ0v) is 15.7. The van der Waals surface area contributed by atoms with E-state index in [-0.39, 0.29) is 12.2 Å². The van der Waals surface area contributed by atoms with Crippen molar-refractivity contribution in [3.05, 3.63) is 27.1 Å². The van der Waals surface area contributed by atoms with Gasteiger partial charge in [-0.1, -0.05) is 6.92 Å². The van der Waals surface area contributed by atoms with Crippen LogP contribution in [0, 0.1) is 5.92 Å². The molecule has 0 saturated carbocycles. The molecule has 0 aromatic carbocycles. The average Bonchev–Trinajstić information content (AvgIpc) is 2.96. The van der Waals surface area contributed by atoms with Crippen LogP contribution in [0.4, 0.5) is 0 Å². The first kappa shape index (κ1) is 18.1. The Balaban J connectivity index is 1.86. The number of aromatic nitrogens is 2. The van der Waals surface area contributed by atoms with E-state index in [0.717, 1.165) is 29.7 Å². The van der Waals surface area contributed by atoms with Gasteiger partial charge >= 0.3 is 5.97 Å². The summed E-state index contributed by atoms with van der Waals surface area (Å²) in [7, 11) is 0. The van der Waals surface area contributed by atoms with Crippen molar-refractivity contribution < 1.29 is 14.3 Å². The summed E-state index contributed by atoms with van der Waals surface area (Å²) in [6, 6.07) is -0.705. The number of ether oxygens (including phenoxy) is 2. The van der Waals surface area contributed by atoms with Gasteiger partial charge in [0.05, 0.1) is 18.3 Å². The molecule has 136 valence electrons. The molecule has 0 amide bonds. The zero-order chi connectivity index (χ0) is 18.0. The van der Waals surface area contributed by atoms with Crippen LogP contribution >= 0.6 is 11.3 Å². The largest absolute Gasteiger partial charge is 0.462 e. The lowest BCUT2D eigenvalue weighted by molar-refractivity contribution is -0.148. The van der Waals surface area contributed by atoms with Crippen molar-refractivity contribution in [3.8, 4) is 0 Å². The minimum absolute atomic E-state index is 0.147. The van der Waals surface area contributed by atoms with Crippen LogP contribution in [0.25, 0.3) is 10.2 Å². The number of thiophene rings is 1. The lowest BCUT2D eigenvalue weighted by Gasteiger charge is -2.18. The number of esters is 1. The highest BCUT2D eigenvalue weighted by Gasteiger charge is 2.25. The van der Waals surface area contributed by atoms with E-state index in [0.29, 0.717) is 24.5 Å². The molecule has 1 aliphatic rings. The maximum Gasteiger partial charge on any atom is 0.329 e. The first-order chi connectivity index (χ1) is 12.0. The maximum atomic E-state index is 13.0. The number of carbonyl (C=O) groups excluding carboxylic acids is 1. The number of rotatable bonds is 6. The highest BCUT2D eigenvalue weighted by molar-refractivity contribution is 7.18. The van der Waals surface area contributed by atoms with E-state index in [1.807, 2.05) is 6.92 Å². The third kappa shape index (κ3) is 3.62. The van der Waals surface area contributed by atoms with Crippen LogP contribution in [0.15, 0.2) is 11.1 Å². The van der Waals surface area contributed by atoms with Gasteiger partial charge in [-0.15, -0.1) is 11.3 Å². The normalized spacial score (nSPS) is 18.1. The van der Waals surface area contributed by atoms with Crippen molar-refractivity contribution in [1.29, 1.82) is 0 Å². The third-order valence-corrected chi connectivity index (χ3v) is 5.84. The van der Waals surface area contributed by atoms with Crippen LogP contribution in [0.1, 0.15) is 43.7 Å². The standard InChI is InChI=1S/C18H24N2O4S/c1-4-23-7-8-24-18(22)12(3)20-10-19-16-15(17(20)21)13-6-5-11(2)9-14(13)25-16/h10-12H,4-9H2,1-3H3/t11-,12+/m0/s1. The van der Waals surface area contributed by atoms with Gasteiger partial charge in [0.2, 0.25) is 0 Å². The smallest absolute Gasteiger partial charge is 0.329 e. The second-order valence-corrected chi connectivity index (χ2v) is 7.61. The first-order valence-electron chi connectivity index (χ1n) is 8.78. The minimum atomic E-state index is -0.705. The van der Waals surface area contributed by atoms with E-state index in [9.17, 15) is 9.59 Å². The van der Waals surface area contributed by atoms with Crippen LogP contribution in [-0.4, -0.2) is 35.3 Å².